The van der Waals surface area contributed by atoms with E-state index in [9.17, 15) is 0 Å². The van der Waals surface area contributed by atoms with Gasteiger partial charge in [0.05, 0.1) is 0 Å². The Morgan fingerprint density at radius 2 is 1.95 bits per heavy atom. The van der Waals surface area contributed by atoms with Gasteiger partial charge in [0.25, 0.3) is 5.78 Å². The smallest absolute Gasteiger partial charge is 0.254 e. The maximum Gasteiger partial charge on any atom is 0.254 e. The maximum absolute atomic E-state index is 4.58. The highest BCUT2D eigenvalue weighted by Gasteiger charge is 2.10. The SMILES string of the molecule is CCCNc1cc(C)nc2nc(Cc3ccccc3)nn12. The first-order valence-electron chi connectivity index (χ1n) is 7.27. The predicted octanol–water partition coefficient (Wildman–Crippen LogP) is 2.85. The van der Waals surface area contributed by atoms with Crippen LogP contribution in [0.25, 0.3) is 5.78 Å². The molecule has 2 aromatic heterocycles. The lowest BCUT2D eigenvalue weighted by Gasteiger charge is -2.06. The van der Waals surface area contributed by atoms with Gasteiger partial charge in [-0.15, -0.1) is 5.10 Å². The van der Waals surface area contributed by atoms with Gasteiger partial charge in [-0.25, -0.2) is 4.98 Å². The van der Waals surface area contributed by atoms with E-state index in [0.717, 1.165) is 36.7 Å². The summed E-state index contributed by atoms with van der Waals surface area (Å²) in [6, 6.07) is 12.2. The molecule has 2 heterocycles. The monoisotopic (exact) mass is 281 g/mol. The van der Waals surface area contributed by atoms with Crippen molar-refractivity contribution >= 4 is 11.6 Å². The van der Waals surface area contributed by atoms with Crippen LogP contribution in [-0.2, 0) is 6.42 Å². The van der Waals surface area contributed by atoms with Gasteiger partial charge in [-0.05, 0) is 18.9 Å². The van der Waals surface area contributed by atoms with Crippen molar-refractivity contribution in [3.8, 4) is 0 Å². The van der Waals surface area contributed by atoms with Crippen molar-refractivity contribution in [3.63, 3.8) is 0 Å². The predicted molar refractivity (Wildman–Crippen MR) is 83.5 cm³/mol. The molecule has 0 atom stereocenters. The van der Waals surface area contributed by atoms with Crippen LogP contribution >= 0.6 is 0 Å². The Bertz CT molecular complexity index is 733. The van der Waals surface area contributed by atoms with Crippen molar-refractivity contribution in [1.29, 1.82) is 0 Å². The van der Waals surface area contributed by atoms with Crippen molar-refractivity contribution in [2.75, 3.05) is 11.9 Å². The number of hydrogen-bond donors (Lipinski definition) is 1. The molecule has 0 aliphatic heterocycles. The topological polar surface area (TPSA) is 55.1 Å². The molecule has 0 fully saturated rings. The van der Waals surface area contributed by atoms with Crippen LogP contribution in [0.2, 0.25) is 0 Å². The van der Waals surface area contributed by atoms with Crippen molar-refractivity contribution in [3.05, 3.63) is 53.5 Å². The van der Waals surface area contributed by atoms with Crippen LogP contribution in [0.3, 0.4) is 0 Å². The summed E-state index contributed by atoms with van der Waals surface area (Å²) in [5.41, 5.74) is 2.15. The highest BCUT2D eigenvalue weighted by Crippen LogP contribution is 2.13. The molecule has 1 aromatic carbocycles. The highest BCUT2D eigenvalue weighted by molar-refractivity contribution is 5.45. The van der Waals surface area contributed by atoms with E-state index in [0.29, 0.717) is 5.78 Å². The molecule has 5 heteroatoms. The van der Waals surface area contributed by atoms with E-state index in [-0.39, 0.29) is 0 Å². The van der Waals surface area contributed by atoms with E-state index in [1.807, 2.05) is 31.2 Å². The molecule has 0 aliphatic carbocycles. The number of nitrogens with one attached hydrogen (secondary N) is 1. The first-order valence-corrected chi connectivity index (χ1v) is 7.27. The van der Waals surface area contributed by atoms with E-state index in [2.05, 4.69) is 39.4 Å². The Labute approximate surface area is 124 Å². The van der Waals surface area contributed by atoms with Crippen molar-refractivity contribution in [2.45, 2.75) is 26.7 Å². The number of fused-ring (bicyclic) bond motifs is 1. The Kier molecular flexibility index (Phi) is 3.81. The van der Waals surface area contributed by atoms with E-state index in [4.69, 9.17) is 0 Å². The minimum absolute atomic E-state index is 0.652. The van der Waals surface area contributed by atoms with Crippen molar-refractivity contribution < 1.29 is 0 Å². The van der Waals surface area contributed by atoms with Gasteiger partial charge < -0.3 is 5.32 Å². The molecule has 21 heavy (non-hydrogen) atoms. The number of rotatable bonds is 5. The van der Waals surface area contributed by atoms with Crippen LogP contribution in [0.4, 0.5) is 5.82 Å². The molecule has 0 bridgehead atoms. The fraction of sp³-hybridized carbons (Fsp3) is 0.312. The van der Waals surface area contributed by atoms with Gasteiger partial charge in [0.15, 0.2) is 5.82 Å². The molecule has 0 saturated heterocycles. The maximum atomic E-state index is 4.58. The molecule has 3 rings (SSSR count). The average molecular weight is 281 g/mol. The minimum atomic E-state index is 0.652. The normalized spacial score (nSPS) is 11.0. The molecule has 1 N–H and O–H groups in total. The first kappa shape index (κ1) is 13.5. The van der Waals surface area contributed by atoms with Crippen LogP contribution in [-0.4, -0.2) is 26.1 Å². The minimum Gasteiger partial charge on any atom is -0.370 e. The summed E-state index contributed by atoms with van der Waals surface area (Å²) in [6.45, 7) is 5.02. The summed E-state index contributed by atoms with van der Waals surface area (Å²) in [5.74, 6) is 2.39. The fourth-order valence-corrected chi connectivity index (χ4v) is 2.26. The second-order valence-electron chi connectivity index (χ2n) is 5.11. The molecule has 0 saturated carbocycles. The molecule has 3 aromatic rings. The zero-order valence-corrected chi connectivity index (χ0v) is 12.4. The van der Waals surface area contributed by atoms with Crippen molar-refractivity contribution in [1.82, 2.24) is 19.6 Å². The van der Waals surface area contributed by atoms with Crippen LogP contribution < -0.4 is 5.32 Å². The highest BCUT2D eigenvalue weighted by atomic mass is 15.4. The summed E-state index contributed by atoms with van der Waals surface area (Å²) in [7, 11) is 0. The second kappa shape index (κ2) is 5.91. The molecular formula is C16H19N5. The van der Waals surface area contributed by atoms with Gasteiger partial charge in [-0.1, -0.05) is 37.3 Å². The van der Waals surface area contributed by atoms with Gasteiger partial charge in [0.1, 0.15) is 5.82 Å². The molecule has 0 unspecified atom stereocenters. The molecule has 108 valence electrons. The lowest BCUT2D eigenvalue weighted by molar-refractivity contribution is 0.871. The second-order valence-corrected chi connectivity index (χ2v) is 5.11. The number of hydrogen-bond acceptors (Lipinski definition) is 4. The fourth-order valence-electron chi connectivity index (χ4n) is 2.26. The van der Waals surface area contributed by atoms with Gasteiger partial charge in [0, 0.05) is 24.7 Å². The number of aromatic nitrogens is 4. The molecular weight excluding hydrogens is 262 g/mol. The number of anilines is 1. The largest absolute Gasteiger partial charge is 0.370 e. The average Bonchev–Trinajstić information content (AvgIpc) is 2.88. The van der Waals surface area contributed by atoms with Gasteiger partial charge in [0.2, 0.25) is 0 Å². The Morgan fingerprint density at radius 3 is 2.71 bits per heavy atom. The molecule has 0 radical (unpaired) electrons. The van der Waals surface area contributed by atoms with Gasteiger partial charge in [-0.2, -0.15) is 9.50 Å². The standard InChI is InChI=1S/C16H19N5/c1-3-9-17-15-10-12(2)18-16-19-14(20-21(15)16)11-13-7-5-4-6-8-13/h4-8,10,17H,3,9,11H2,1-2H3. The number of aryl methyl sites for hydroxylation is 1. The summed E-state index contributed by atoms with van der Waals surface area (Å²) in [4.78, 5) is 8.99. The first-order chi connectivity index (χ1) is 10.3. The van der Waals surface area contributed by atoms with Gasteiger partial charge in [-0.3, -0.25) is 0 Å². The van der Waals surface area contributed by atoms with Crippen LogP contribution in [0.5, 0.6) is 0 Å². The van der Waals surface area contributed by atoms with E-state index < -0.39 is 0 Å². The van der Waals surface area contributed by atoms with Crippen molar-refractivity contribution in [2.24, 2.45) is 0 Å². The molecule has 0 amide bonds. The summed E-state index contributed by atoms with van der Waals surface area (Å²) < 4.78 is 1.79. The summed E-state index contributed by atoms with van der Waals surface area (Å²) >= 11 is 0. The van der Waals surface area contributed by atoms with Gasteiger partial charge >= 0.3 is 0 Å². The lowest BCUT2D eigenvalue weighted by Crippen LogP contribution is -2.07. The third-order valence-electron chi connectivity index (χ3n) is 3.25. The number of nitrogens with zero attached hydrogens (tertiary/aromatic N) is 4. The third kappa shape index (κ3) is 3.02. The van der Waals surface area contributed by atoms with E-state index in [1.165, 1.54) is 5.56 Å². The third-order valence-corrected chi connectivity index (χ3v) is 3.25. The Balaban J connectivity index is 1.95. The number of benzene rings is 1. The van der Waals surface area contributed by atoms with Crippen LogP contribution in [0.15, 0.2) is 36.4 Å². The molecule has 0 aliphatic rings. The summed E-state index contributed by atoms with van der Waals surface area (Å²) in [5, 5.41) is 7.96. The van der Waals surface area contributed by atoms with Crippen LogP contribution in [0.1, 0.15) is 30.4 Å². The Morgan fingerprint density at radius 1 is 1.14 bits per heavy atom. The molecule has 0 spiro atoms. The van der Waals surface area contributed by atoms with Crippen LogP contribution in [0, 0.1) is 6.92 Å². The zero-order valence-electron chi connectivity index (χ0n) is 12.4. The zero-order chi connectivity index (χ0) is 14.7. The van der Waals surface area contributed by atoms with E-state index >= 15 is 0 Å². The lowest BCUT2D eigenvalue weighted by atomic mass is 10.1. The molecule has 5 nitrogen and oxygen atoms in total. The summed E-state index contributed by atoms with van der Waals surface area (Å²) in [6.07, 6.45) is 1.78. The Hall–Kier alpha value is -2.43. The van der Waals surface area contributed by atoms with E-state index in [1.54, 1.807) is 4.52 Å². The quantitative estimate of drug-likeness (QED) is 0.781.